The van der Waals surface area contributed by atoms with Gasteiger partial charge in [-0.25, -0.2) is 0 Å². The Hall–Kier alpha value is -1.35. The number of hydrogen-bond acceptors (Lipinski definition) is 2. The highest BCUT2D eigenvalue weighted by molar-refractivity contribution is 5.82. The fourth-order valence-electron chi connectivity index (χ4n) is 2.89. The molecule has 0 saturated carbocycles. The molecule has 0 amide bonds. The first kappa shape index (κ1) is 15.7. The Morgan fingerprint density at radius 2 is 2.05 bits per heavy atom. The predicted molar refractivity (Wildman–Crippen MR) is 78.2 cm³/mol. The van der Waals surface area contributed by atoms with E-state index >= 15 is 0 Å². The van der Waals surface area contributed by atoms with E-state index < -0.39 is 11.4 Å². The summed E-state index contributed by atoms with van der Waals surface area (Å²) in [4.78, 5) is 11.9. The molecule has 106 valence electrons. The summed E-state index contributed by atoms with van der Waals surface area (Å²) in [6.07, 6.45) is 2.69. The Labute approximate surface area is 115 Å². The second-order valence-corrected chi connectivity index (χ2v) is 5.50. The number of aliphatic carboxylic acids is 1. The van der Waals surface area contributed by atoms with Crippen molar-refractivity contribution >= 4 is 5.97 Å². The van der Waals surface area contributed by atoms with Gasteiger partial charge < -0.3 is 10.8 Å². The highest BCUT2D eigenvalue weighted by atomic mass is 16.4. The molecule has 0 aliphatic heterocycles. The van der Waals surface area contributed by atoms with Crippen molar-refractivity contribution in [3.05, 3.63) is 35.4 Å². The van der Waals surface area contributed by atoms with Crippen molar-refractivity contribution < 1.29 is 9.90 Å². The maximum absolute atomic E-state index is 11.9. The lowest BCUT2D eigenvalue weighted by Gasteiger charge is -2.32. The van der Waals surface area contributed by atoms with E-state index in [-0.39, 0.29) is 6.54 Å². The first-order valence-electron chi connectivity index (χ1n) is 6.97. The summed E-state index contributed by atoms with van der Waals surface area (Å²) in [5, 5.41) is 9.74. The summed E-state index contributed by atoms with van der Waals surface area (Å²) >= 11 is 0. The molecule has 0 heterocycles. The Morgan fingerprint density at radius 1 is 1.42 bits per heavy atom. The molecule has 0 spiro atoms. The SMILES string of the molecule is CCCC(C)CC(CN)(C(=O)O)c1ccccc1C. The van der Waals surface area contributed by atoms with Crippen LogP contribution in [0.3, 0.4) is 0 Å². The first-order chi connectivity index (χ1) is 8.97. The lowest BCUT2D eigenvalue weighted by Crippen LogP contribution is -2.44. The zero-order valence-electron chi connectivity index (χ0n) is 12.1. The predicted octanol–water partition coefficient (Wildman–Crippen LogP) is 3.10. The van der Waals surface area contributed by atoms with E-state index in [9.17, 15) is 9.90 Å². The molecule has 0 aliphatic rings. The first-order valence-corrected chi connectivity index (χ1v) is 6.97. The van der Waals surface area contributed by atoms with Crippen LogP contribution in [0, 0.1) is 12.8 Å². The standard InChI is InChI=1S/C16H25NO2/c1-4-7-12(2)10-16(11-17,15(18)19)14-9-6-5-8-13(14)3/h5-6,8-9,12H,4,7,10-11,17H2,1-3H3,(H,18,19). The number of nitrogens with two attached hydrogens (primary N) is 1. The van der Waals surface area contributed by atoms with Crippen molar-refractivity contribution in [1.82, 2.24) is 0 Å². The number of hydrogen-bond donors (Lipinski definition) is 2. The van der Waals surface area contributed by atoms with Gasteiger partial charge in [0, 0.05) is 6.54 Å². The van der Waals surface area contributed by atoms with Crippen LogP contribution in [-0.2, 0) is 10.2 Å². The van der Waals surface area contributed by atoms with Gasteiger partial charge in [-0.1, -0.05) is 51.0 Å². The maximum atomic E-state index is 11.9. The van der Waals surface area contributed by atoms with Gasteiger partial charge in [-0.3, -0.25) is 4.79 Å². The Balaban J connectivity index is 3.20. The number of carboxylic acid groups (broad SMARTS) is 1. The van der Waals surface area contributed by atoms with Crippen molar-refractivity contribution in [1.29, 1.82) is 0 Å². The van der Waals surface area contributed by atoms with Gasteiger partial charge >= 0.3 is 5.97 Å². The highest BCUT2D eigenvalue weighted by Gasteiger charge is 2.41. The summed E-state index contributed by atoms with van der Waals surface area (Å²) in [5.41, 5.74) is 6.77. The van der Waals surface area contributed by atoms with E-state index in [1.54, 1.807) is 0 Å². The monoisotopic (exact) mass is 263 g/mol. The maximum Gasteiger partial charge on any atom is 0.315 e. The Kier molecular flexibility index (Phi) is 5.55. The van der Waals surface area contributed by atoms with Crippen LogP contribution in [0.4, 0.5) is 0 Å². The van der Waals surface area contributed by atoms with E-state index in [2.05, 4.69) is 13.8 Å². The van der Waals surface area contributed by atoms with Crippen LogP contribution in [0.2, 0.25) is 0 Å². The molecule has 19 heavy (non-hydrogen) atoms. The minimum atomic E-state index is -0.958. The summed E-state index contributed by atoms with van der Waals surface area (Å²) in [7, 11) is 0. The molecule has 3 nitrogen and oxygen atoms in total. The molecule has 1 aromatic rings. The average molecular weight is 263 g/mol. The van der Waals surface area contributed by atoms with E-state index in [0.29, 0.717) is 12.3 Å². The van der Waals surface area contributed by atoms with Gasteiger partial charge in [0.15, 0.2) is 0 Å². The van der Waals surface area contributed by atoms with E-state index in [0.717, 1.165) is 24.0 Å². The van der Waals surface area contributed by atoms with Gasteiger partial charge in [0.1, 0.15) is 5.41 Å². The Morgan fingerprint density at radius 3 is 2.53 bits per heavy atom. The normalized spacial score (nSPS) is 15.8. The van der Waals surface area contributed by atoms with Crippen molar-refractivity contribution in [3.63, 3.8) is 0 Å². The van der Waals surface area contributed by atoms with Crippen LogP contribution in [0.1, 0.15) is 44.2 Å². The molecule has 0 aromatic heterocycles. The topological polar surface area (TPSA) is 63.3 Å². The number of carboxylic acids is 1. The summed E-state index contributed by atoms with van der Waals surface area (Å²) in [6, 6.07) is 7.67. The summed E-state index contributed by atoms with van der Waals surface area (Å²) in [6.45, 7) is 6.32. The quantitative estimate of drug-likeness (QED) is 0.794. The lowest BCUT2D eigenvalue weighted by molar-refractivity contribution is -0.144. The van der Waals surface area contributed by atoms with E-state index in [1.165, 1.54) is 0 Å². The van der Waals surface area contributed by atoms with Gasteiger partial charge in [-0.05, 0) is 30.4 Å². The van der Waals surface area contributed by atoms with Crippen LogP contribution in [0.25, 0.3) is 0 Å². The minimum absolute atomic E-state index is 0.140. The minimum Gasteiger partial charge on any atom is -0.481 e. The second kappa shape index (κ2) is 6.71. The van der Waals surface area contributed by atoms with Crippen molar-refractivity contribution in [2.75, 3.05) is 6.54 Å². The molecule has 0 saturated heterocycles. The molecule has 3 N–H and O–H groups in total. The number of rotatable bonds is 7. The number of aryl methyl sites for hydroxylation is 1. The van der Waals surface area contributed by atoms with Crippen LogP contribution in [0.15, 0.2) is 24.3 Å². The average Bonchev–Trinajstić information content (AvgIpc) is 2.37. The van der Waals surface area contributed by atoms with E-state index in [1.807, 2.05) is 31.2 Å². The smallest absolute Gasteiger partial charge is 0.315 e. The van der Waals surface area contributed by atoms with Crippen molar-refractivity contribution in [2.24, 2.45) is 11.7 Å². The molecule has 1 aromatic carbocycles. The zero-order valence-corrected chi connectivity index (χ0v) is 12.1. The lowest BCUT2D eigenvalue weighted by atomic mass is 9.72. The van der Waals surface area contributed by atoms with Gasteiger partial charge in [0.25, 0.3) is 0 Å². The third kappa shape index (κ3) is 3.35. The molecule has 0 radical (unpaired) electrons. The zero-order chi connectivity index (χ0) is 14.5. The molecule has 2 unspecified atom stereocenters. The van der Waals surface area contributed by atoms with E-state index in [4.69, 9.17) is 5.73 Å². The van der Waals surface area contributed by atoms with Gasteiger partial charge in [0.2, 0.25) is 0 Å². The summed E-state index contributed by atoms with van der Waals surface area (Å²) < 4.78 is 0. The molecule has 1 rings (SSSR count). The number of benzene rings is 1. The van der Waals surface area contributed by atoms with Crippen LogP contribution in [-0.4, -0.2) is 17.6 Å². The molecule has 0 aliphatic carbocycles. The van der Waals surface area contributed by atoms with Gasteiger partial charge in [-0.15, -0.1) is 0 Å². The van der Waals surface area contributed by atoms with Crippen molar-refractivity contribution in [3.8, 4) is 0 Å². The molecular formula is C16H25NO2. The van der Waals surface area contributed by atoms with Crippen molar-refractivity contribution in [2.45, 2.75) is 45.4 Å². The van der Waals surface area contributed by atoms with Gasteiger partial charge in [0.05, 0.1) is 0 Å². The highest BCUT2D eigenvalue weighted by Crippen LogP contribution is 2.34. The molecule has 0 bridgehead atoms. The van der Waals surface area contributed by atoms with Crippen LogP contribution in [0.5, 0.6) is 0 Å². The fraction of sp³-hybridized carbons (Fsp3) is 0.562. The summed E-state index contributed by atoms with van der Waals surface area (Å²) in [5.74, 6) is -0.462. The molecule has 2 atom stereocenters. The third-order valence-electron chi connectivity index (χ3n) is 3.90. The third-order valence-corrected chi connectivity index (χ3v) is 3.90. The van der Waals surface area contributed by atoms with Gasteiger partial charge in [-0.2, -0.15) is 0 Å². The fourth-order valence-corrected chi connectivity index (χ4v) is 2.89. The molecule has 0 fully saturated rings. The number of carbonyl (C=O) groups is 1. The largest absolute Gasteiger partial charge is 0.481 e. The second-order valence-electron chi connectivity index (χ2n) is 5.50. The van der Waals surface area contributed by atoms with Crippen LogP contribution >= 0.6 is 0 Å². The van der Waals surface area contributed by atoms with Crippen LogP contribution < -0.4 is 5.73 Å². The molecule has 3 heteroatoms. The molecular weight excluding hydrogens is 238 g/mol. The Bertz CT molecular complexity index is 431.